The van der Waals surface area contributed by atoms with Crippen LogP contribution in [-0.2, 0) is 6.42 Å². The lowest BCUT2D eigenvalue weighted by atomic mass is 10.0. The van der Waals surface area contributed by atoms with Crippen LogP contribution in [0.4, 0.5) is 0 Å². The van der Waals surface area contributed by atoms with Gasteiger partial charge in [0.25, 0.3) is 0 Å². The summed E-state index contributed by atoms with van der Waals surface area (Å²) in [5, 5.41) is 10.7. The van der Waals surface area contributed by atoms with Gasteiger partial charge >= 0.3 is 0 Å². The predicted molar refractivity (Wildman–Crippen MR) is 62.9 cm³/mol. The van der Waals surface area contributed by atoms with Crippen LogP contribution in [0.5, 0.6) is 11.5 Å². The monoisotopic (exact) mass is 257 g/mol. The molecule has 0 N–H and O–H groups in total. The van der Waals surface area contributed by atoms with E-state index in [1.165, 1.54) is 26.4 Å². The number of hydrogen-bond acceptors (Lipinski definition) is 4. The van der Waals surface area contributed by atoms with Crippen LogP contribution in [0.25, 0.3) is 0 Å². The van der Waals surface area contributed by atoms with E-state index in [-0.39, 0.29) is 10.9 Å². The summed E-state index contributed by atoms with van der Waals surface area (Å²) >= 11 is 5.91. The van der Waals surface area contributed by atoms with Crippen molar-refractivity contribution in [2.45, 2.75) is 18.7 Å². The Morgan fingerprint density at radius 2 is 2.06 bits per heavy atom. The first-order valence-corrected chi connectivity index (χ1v) is 5.53. The van der Waals surface area contributed by atoms with Crippen LogP contribution in [-0.4, -0.2) is 25.6 Å². The van der Waals surface area contributed by atoms with E-state index in [4.69, 9.17) is 21.1 Å². The second-order valence-corrected chi connectivity index (χ2v) is 4.39. The zero-order valence-corrected chi connectivity index (χ0v) is 10.7. The van der Waals surface area contributed by atoms with Crippen LogP contribution in [0.1, 0.15) is 22.8 Å². The number of aromatic carboxylic acids is 1. The third-order valence-electron chi connectivity index (χ3n) is 2.29. The Balaban J connectivity index is 3.31. The number of ether oxygens (including phenoxy) is 2. The minimum absolute atomic E-state index is 0.0509. The Bertz CT molecular complexity index is 415. The lowest BCUT2D eigenvalue weighted by molar-refractivity contribution is -0.255. The molecule has 0 heterocycles. The van der Waals surface area contributed by atoms with Gasteiger partial charge in [-0.15, -0.1) is 11.6 Å². The average molecular weight is 258 g/mol. The minimum Gasteiger partial charge on any atom is -0.545 e. The van der Waals surface area contributed by atoms with Crippen molar-refractivity contribution >= 4 is 17.6 Å². The Hall–Kier alpha value is -1.42. The molecule has 0 bridgehead atoms. The van der Waals surface area contributed by atoms with E-state index in [1.807, 2.05) is 6.92 Å². The van der Waals surface area contributed by atoms with Crippen molar-refractivity contribution in [3.05, 3.63) is 23.3 Å². The summed E-state index contributed by atoms with van der Waals surface area (Å²) in [7, 11) is 2.95. The van der Waals surface area contributed by atoms with Gasteiger partial charge in [-0.2, -0.15) is 0 Å². The van der Waals surface area contributed by atoms with E-state index in [0.717, 1.165) is 0 Å². The van der Waals surface area contributed by atoms with Crippen molar-refractivity contribution in [1.82, 2.24) is 0 Å². The van der Waals surface area contributed by atoms with Crippen LogP contribution in [0.2, 0.25) is 0 Å². The maximum Gasteiger partial charge on any atom is 0.163 e. The highest BCUT2D eigenvalue weighted by Gasteiger charge is 2.14. The number of carboxylic acid groups (broad SMARTS) is 1. The number of alkyl halides is 1. The first-order chi connectivity index (χ1) is 7.99. The van der Waals surface area contributed by atoms with Gasteiger partial charge in [-0.05, 0) is 25.5 Å². The van der Waals surface area contributed by atoms with E-state index in [0.29, 0.717) is 23.5 Å². The molecule has 1 rings (SSSR count). The summed E-state index contributed by atoms with van der Waals surface area (Å²) in [4.78, 5) is 10.9. The maximum atomic E-state index is 10.9. The number of halogens is 1. The fourth-order valence-corrected chi connectivity index (χ4v) is 1.78. The van der Waals surface area contributed by atoms with E-state index in [2.05, 4.69) is 0 Å². The van der Waals surface area contributed by atoms with Gasteiger partial charge in [0.1, 0.15) is 0 Å². The number of carbonyl (C=O) groups is 1. The summed E-state index contributed by atoms with van der Waals surface area (Å²) in [6.45, 7) is 1.82. The second kappa shape index (κ2) is 5.77. The van der Waals surface area contributed by atoms with Crippen LogP contribution in [0.3, 0.4) is 0 Å². The molecule has 0 saturated carbocycles. The molecular formula is C12H14ClO4-. The number of benzene rings is 1. The van der Waals surface area contributed by atoms with Crippen molar-refractivity contribution in [2.24, 2.45) is 0 Å². The molecule has 1 aromatic carbocycles. The van der Waals surface area contributed by atoms with E-state index < -0.39 is 5.97 Å². The maximum absolute atomic E-state index is 10.9. The van der Waals surface area contributed by atoms with Crippen LogP contribution in [0, 0.1) is 0 Å². The number of carbonyl (C=O) groups excluding carboxylic acids is 1. The van der Waals surface area contributed by atoms with Gasteiger partial charge in [-0.1, -0.05) is 0 Å². The standard InChI is InChI=1S/C12H15ClO4/c1-7(13)4-8-5-9(12(14)15)6-10(16-2)11(8)17-3/h5-7H,4H2,1-3H3,(H,14,15)/p-1/t7-/m1/s1. The van der Waals surface area contributed by atoms with Gasteiger partial charge in [0, 0.05) is 16.5 Å². The Morgan fingerprint density at radius 1 is 1.41 bits per heavy atom. The molecule has 0 aromatic heterocycles. The molecule has 1 atom stereocenters. The number of hydrogen-bond donors (Lipinski definition) is 0. The largest absolute Gasteiger partial charge is 0.545 e. The molecule has 94 valence electrons. The molecule has 5 heteroatoms. The smallest absolute Gasteiger partial charge is 0.163 e. The van der Waals surface area contributed by atoms with Crippen LogP contribution >= 0.6 is 11.6 Å². The van der Waals surface area contributed by atoms with Gasteiger partial charge in [0.15, 0.2) is 11.5 Å². The topological polar surface area (TPSA) is 58.6 Å². The van der Waals surface area contributed by atoms with Crippen LogP contribution in [0.15, 0.2) is 12.1 Å². The molecule has 0 saturated heterocycles. The first-order valence-electron chi connectivity index (χ1n) is 5.10. The molecule has 0 amide bonds. The molecule has 17 heavy (non-hydrogen) atoms. The summed E-state index contributed by atoms with van der Waals surface area (Å²) in [5.74, 6) is -0.388. The highest BCUT2D eigenvalue weighted by Crippen LogP contribution is 2.33. The van der Waals surface area contributed by atoms with Crippen molar-refractivity contribution in [2.75, 3.05) is 14.2 Å². The SMILES string of the molecule is COc1cc(C(=O)[O-])cc(C[C@@H](C)Cl)c1OC. The molecule has 1 aromatic rings. The quantitative estimate of drug-likeness (QED) is 0.745. The van der Waals surface area contributed by atoms with Gasteiger partial charge < -0.3 is 19.4 Å². The van der Waals surface area contributed by atoms with Crippen molar-refractivity contribution in [3.63, 3.8) is 0 Å². The third kappa shape index (κ3) is 3.27. The zero-order chi connectivity index (χ0) is 13.0. The fraction of sp³-hybridized carbons (Fsp3) is 0.417. The molecule has 0 aliphatic heterocycles. The van der Waals surface area contributed by atoms with Gasteiger partial charge in [0.2, 0.25) is 0 Å². The van der Waals surface area contributed by atoms with Gasteiger partial charge in [0.05, 0.1) is 20.2 Å². The predicted octanol–water partition coefficient (Wildman–Crippen LogP) is 1.24. The summed E-state index contributed by atoms with van der Waals surface area (Å²) in [6, 6.07) is 2.87. The molecule has 0 radical (unpaired) electrons. The normalized spacial score (nSPS) is 12.0. The molecule has 0 aliphatic rings. The summed E-state index contributed by atoms with van der Waals surface area (Å²) in [5.41, 5.74) is 0.739. The van der Waals surface area contributed by atoms with Crippen LogP contribution < -0.4 is 14.6 Å². The Morgan fingerprint density at radius 3 is 2.47 bits per heavy atom. The first kappa shape index (κ1) is 13.6. The second-order valence-electron chi connectivity index (χ2n) is 3.64. The molecule has 0 fully saturated rings. The lowest BCUT2D eigenvalue weighted by Crippen LogP contribution is -2.22. The summed E-state index contributed by atoms with van der Waals surface area (Å²) in [6.07, 6.45) is 0.488. The third-order valence-corrected chi connectivity index (χ3v) is 2.45. The summed E-state index contributed by atoms with van der Waals surface area (Å²) < 4.78 is 10.3. The Labute approximate surface area is 105 Å². The number of carboxylic acids is 1. The minimum atomic E-state index is -1.26. The lowest BCUT2D eigenvalue weighted by Gasteiger charge is -2.16. The van der Waals surface area contributed by atoms with E-state index in [9.17, 15) is 9.90 Å². The average Bonchev–Trinajstić information content (AvgIpc) is 2.26. The van der Waals surface area contributed by atoms with Crippen molar-refractivity contribution in [1.29, 1.82) is 0 Å². The van der Waals surface area contributed by atoms with Crippen molar-refractivity contribution < 1.29 is 19.4 Å². The van der Waals surface area contributed by atoms with E-state index in [1.54, 1.807) is 0 Å². The van der Waals surface area contributed by atoms with Gasteiger partial charge in [-0.3, -0.25) is 0 Å². The Kier molecular flexibility index (Phi) is 4.63. The van der Waals surface area contributed by atoms with E-state index >= 15 is 0 Å². The molecule has 0 unspecified atom stereocenters. The number of methoxy groups -OCH3 is 2. The molecule has 4 nitrogen and oxygen atoms in total. The fourth-order valence-electron chi connectivity index (χ4n) is 1.62. The highest BCUT2D eigenvalue weighted by atomic mass is 35.5. The molecular weight excluding hydrogens is 244 g/mol. The van der Waals surface area contributed by atoms with Crippen molar-refractivity contribution in [3.8, 4) is 11.5 Å². The number of rotatable bonds is 5. The highest BCUT2D eigenvalue weighted by molar-refractivity contribution is 6.20. The molecule has 0 spiro atoms. The molecule has 0 aliphatic carbocycles. The zero-order valence-electron chi connectivity index (χ0n) is 9.95. The van der Waals surface area contributed by atoms with Gasteiger partial charge in [-0.25, -0.2) is 0 Å².